The van der Waals surface area contributed by atoms with Crippen molar-refractivity contribution in [2.24, 2.45) is 58.4 Å². The highest BCUT2D eigenvalue weighted by Crippen LogP contribution is 2.37. The van der Waals surface area contributed by atoms with Gasteiger partial charge in [0.2, 0.25) is 56.1 Å². The van der Waals surface area contributed by atoms with Crippen LogP contribution in [0.1, 0.15) is 180 Å². The number of fused-ring (bicyclic) bond motifs is 5. The fraction of sp³-hybridized carbons (Fsp3) is 0.342. The van der Waals surface area contributed by atoms with Crippen LogP contribution in [0.5, 0.6) is 0 Å². The zero-order valence-electron chi connectivity index (χ0n) is 77.4. The third-order valence-electron chi connectivity index (χ3n) is 25.7. The molecule has 0 amide bonds. The first-order chi connectivity index (χ1) is 56.5. The van der Waals surface area contributed by atoms with Gasteiger partial charge in [-0.3, -0.25) is 0 Å². The Bertz CT molecular complexity index is 6260. The minimum Gasteiger partial charge on any atom is -0.194 e. The Labute approximate surface area is 715 Å². The highest BCUT2D eigenvalue weighted by molar-refractivity contribution is 5.86. The van der Waals surface area contributed by atoms with E-state index in [0.717, 1.165) is 25.2 Å². The van der Waals surface area contributed by atoms with Crippen LogP contribution in [-0.4, -0.2) is 0 Å². The quantitative estimate of drug-likeness (QED) is 0.109. The molecule has 1 aliphatic rings. The van der Waals surface area contributed by atoms with Gasteiger partial charge in [0.05, 0.1) is 0 Å². The van der Waals surface area contributed by atoms with Gasteiger partial charge in [0, 0.05) is 115 Å². The molecule has 5 nitrogen and oxygen atoms in total. The van der Waals surface area contributed by atoms with Crippen LogP contribution >= 0.6 is 0 Å². The van der Waals surface area contributed by atoms with Crippen LogP contribution in [0.2, 0.25) is 0 Å². The monoisotopic (exact) mass is 1580 g/mol. The van der Waals surface area contributed by atoms with Gasteiger partial charge in [-0.05, 0) is 297 Å². The van der Waals surface area contributed by atoms with Gasteiger partial charge in [-0.2, -0.15) is 22.8 Å². The molecule has 5 aromatic heterocycles. The Hall–Kier alpha value is -10.8. The highest BCUT2D eigenvalue weighted by atomic mass is 15.0. The molecule has 0 aliphatic heterocycles. The van der Waals surface area contributed by atoms with Gasteiger partial charge in [-0.15, -0.1) is 0 Å². The third-order valence-corrected chi connectivity index (χ3v) is 25.7. The smallest absolute Gasteiger partial charge is 0.194 e. The molecule has 1 saturated carbocycles. The molecule has 1 aliphatic carbocycles. The number of aromatic nitrogens is 5. The Morgan fingerprint density at radius 1 is 0.286 bits per heavy atom. The maximum Gasteiger partial charge on any atom is 0.213 e. The van der Waals surface area contributed by atoms with Crippen molar-refractivity contribution in [2.75, 3.05) is 0 Å². The molecule has 16 rings (SSSR count). The summed E-state index contributed by atoms with van der Waals surface area (Å²) in [5, 5.41) is 6.82. The van der Waals surface area contributed by atoms with E-state index < -0.39 is 0 Å². The standard InChI is InChI=1S/C25H30N.C24H30N.2C23H28N.C19H20N/c1-17-14-18(2)19(3)23(15-17)25-13-12-22-21(16-20-8-5-6-9-20)10-7-11-24(22)26(25)4;1-16-13-17(2)18(3)21(14-16)23-12-11-20-19(15-24(4,5)6)9-8-10-22(20)25(23)7;1-15(2)12-19-8-7-9-22-20(19)10-11-23(24(22)6)21-14-16(3)13-17(4)18(21)5;1-15(2)11-19-14-23(21-13-16(3)12-17(4)18(21)5)24(6)22-10-8-7-9-20(19)22;1-13-11-14(2)15(3)17(12-13)19-10-9-16-7-5-6-8-18(16)20(19)4/h7,10-15,20H,5-6,8-9,16H2,1-4H3;8-14H,15H2,1-7H3;7-11,13-15H,12H2,1-6H3;7-10,12-15H,11H2,1-6H3;5-12H,1-4H3/q5*+1. The van der Waals surface area contributed by atoms with E-state index in [-0.39, 0.29) is 5.41 Å². The molecule has 612 valence electrons. The number of nitrogens with zero attached hydrogens (tertiary/aromatic N) is 5. The van der Waals surface area contributed by atoms with Crippen LogP contribution in [0.4, 0.5) is 0 Å². The van der Waals surface area contributed by atoms with E-state index in [1.807, 2.05) is 0 Å². The first kappa shape index (κ1) is 87.6. The molecule has 5 heteroatoms. The van der Waals surface area contributed by atoms with Crippen molar-refractivity contribution in [2.45, 2.75) is 204 Å². The van der Waals surface area contributed by atoms with Crippen molar-refractivity contribution in [3.63, 3.8) is 0 Å². The van der Waals surface area contributed by atoms with Gasteiger partial charge in [-0.25, -0.2) is 0 Å². The number of rotatable bonds is 12. The molecular weight excluding hydrogens is 1440 g/mol. The summed E-state index contributed by atoms with van der Waals surface area (Å²) in [6.07, 6.45) is 10.2. The topological polar surface area (TPSA) is 19.4 Å². The number of benzene rings is 10. The summed E-state index contributed by atoms with van der Waals surface area (Å²) >= 11 is 0. The normalized spacial score (nSPS) is 12.3. The van der Waals surface area contributed by atoms with Crippen molar-refractivity contribution in [1.82, 2.24) is 0 Å². The molecule has 10 aromatic carbocycles. The molecule has 5 heterocycles. The van der Waals surface area contributed by atoms with Gasteiger partial charge in [0.1, 0.15) is 35.2 Å². The molecule has 0 unspecified atom stereocenters. The van der Waals surface area contributed by atoms with Crippen LogP contribution < -0.4 is 22.8 Å². The molecule has 0 radical (unpaired) electrons. The van der Waals surface area contributed by atoms with Gasteiger partial charge < -0.3 is 0 Å². The SMILES string of the molecule is Cc1cc(C)c(C)c(-c2cc(CC(C)C)c3ccccc3[n+]2C)c1.Cc1cc(C)c(C)c(-c2ccc3c(CC(C)(C)C)cccc3[n+]2C)c1.Cc1cc(C)c(C)c(-c2ccc3c(CC(C)C)cccc3[n+]2C)c1.Cc1cc(C)c(C)c(-c2ccc3c(CC4CCCC4)cccc3[n+]2C)c1.Cc1cc(C)c(C)c(-c2ccc3ccccc3[n+]2C)c1. The van der Waals surface area contributed by atoms with Crippen LogP contribution in [0.25, 0.3) is 111 Å². The summed E-state index contributed by atoms with van der Waals surface area (Å²) in [4.78, 5) is 0. The molecular formula is C114H136N5+5. The van der Waals surface area contributed by atoms with E-state index in [9.17, 15) is 0 Å². The molecule has 0 atom stereocenters. The zero-order chi connectivity index (χ0) is 85.7. The Balaban J connectivity index is 0.000000137. The number of pyridine rings is 5. The van der Waals surface area contributed by atoms with Crippen LogP contribution in [0.3, 0.4) is 0 Å². The summed E-state index contributed by atoms with van der Waals surface area (Å²) in [5.74, 6) is 2.20. The van der Waals surface area contributed by atoms with E-state index >= 15 is 0 Å². The fourth-order valence-electron chi connectivity index (χ4n) is 18.8. The number of hydrogen-bond donors (Lipinski definition) is 0. The van der Waals surface area contributed by atoms with E-state index in [4.69, 9.17) is 0 Å². The first-order valence-electron chi connectivity index (χ1n) is 44.0. The number of hydrogen-bond acceptors (Lipinski definition) is 0. The van der Waals surface area contributed by atoms with Gasteiger partial charge in [0.15, 0.2) is 0 Å². The van der Waals surface area contributed by atoms with Crippen LogP contribution in [-0.2, 0) is 60.9 Å². The lowest BCUT2D eigenvalue weighted by atomic mass is 9.86. The summed E-state index contributed by atoms with van der Waals surface area (Å²) in [5.41, 5.74) is 46.1. The molecule has 119 heavy (non-hydrogen) atoms. The summed E-state index contributed by atoms with van der Waals surface area (Å²) < 4.78 is 11.7. The highest BCUT2D eigenvalue weighted by Gasteiger charge is 2.27. The minimum atomic E-state index is 0.287. The molecule has 0 spiro atoms. The lowest BCUT2D eigenvalue weighted by molar-refractivity contribution is -0.633. The van der Waals surface area contributed by atoms with Crippen molar-refractivity contribution in [1.29, 1.82) is 0 Å². The van der Waals surface area contributed by atoms with Crippen LogP contribution in [0.15, 0.2) is 218 Å². The predicted octanol–water partition coefficient (Wildman–Crippen LogP) is 27.0. The maximum atomic E-state index is 2.41. The summed E-state index contributed by atoms with van der Waals surface area (Å²) in [7, 11) is 10.9. The molecule has 0 bridgehead atoms. The first-order valence-corrected chi connectivity index (χ1v) is 44.0. The molecule has 1 fully saturated rings. The lowest BCUT2D eigenvalue weighted by Gasteiger charge is -2.19. The predicted molar refractivity (Wildman–Crippen MR) is 510 cm³/mol. The van der Waals surface area contributed by atoms with Crippen molar-refractivity contribution in [3.05, 3.63) is 324 Å². The van der Waals surface area contributed by atoms with E-state index in [0.29, 0.717) is 11.8 Å². The van der Waals surface area contributed by atoms with Gasteiger partial charge in [-0.1, -0.05) is 193 Å². The van der Waals surface area contributed by atoms with Crippen molar-refractivity contribution >= 4 is 54.5 Å². The molecule has 0 N–H and O–H groups in total. The average Bonchev–Trinajstić information content (AvgIpc) is 0.852. The molecule has 0 saturated heterocycles. The number of para-hydroxylation sites is 2. The van der Waals surface area contributed by atoms with Crippen molar-refractivity contribution in [3.8, 4) is 56.3 Å². The van der Waals surface area contributed by atoms with E-state index in [1.165, 1.54) is 249 Å². The lowest BCUT2D eigenvalue weighted by Crippen LogP contribution is -2.33. The van der Waals surface area contributed by atoms with E-state index in [1.54, 1.807) is 0 Å². The zero-order valence-corrected chi connectivity index (χ0v) is 77.4. The average molecular weight is 1580 g/mol. The fourth-order valence-corrected chi connectivity index (χ4v) is 18.8. The van der Waals surface area contributed by atoms with E-state index in [2.05, 4.69) is 429 Å². The number of aryl methyl sites for hydroxylation is 15. The Morgan fingerprint density at radius 2 is 0.580 bits per heavy atom. The largest absolute Gasteiger partial charge is 0.213 e. The van der Waals surface area contributed by atoms with Gasteiger partial charge in [0.25, 0.3) is 0 Å². The summed E-state index contributed by atoms with van der Waals surface area (Å²) in [6, 6.07) is 81.1. The Kier molecular flexibility index (Phi) is 27.4. The Morgan fingerprint density at radius 3 is 0.975 bits per heavy atom. The second kappa shape index (κ2) is 37.3. The second-order valence-corrected chi connectivity index (χ2v) is 37.4. The van der Waals surface area contributed by atoms with Crippen LogP contribution in [0, 0.1) is 127 Å². The second-order valence-electron chi connectivity index (χ2n) is 37.4. The maximum absolute atomic E-state index is 2.41. The minimum absolute atomic E-state index is 0.287. The summed E-state index contributed by atoms with van der Waals surface area (Å²) in [6.45, 7) is 49.1. The van der Waals surface area contributed by atoms with Gasteiger partial charge >= 0.3 is 0 Å². The molecule has 15 aromatic rings. The van der Waals surface area contributed by atoms with Crippen molar-refractivity contribution < 1.29 is 22.8 Å². The third kappa shape index (κ3) is 19.8.